The van der Waals surface area contributed by atoms with Gasteiger partial charge < -0.3 is 5.32 Å². The van der Waals surface area contributed by atoms with Crippen LogP contribution in [0.5, 0.6) is 0 Å². The van der Waals surface area contributed by atoms with Crippen LogP contribution in [0.2, 0.25) is 0 Å². The molecule has 4 nitrogen and oxygen atoms in total. The molecule has 7 aromatic rings. The molecule has 208 valence electrons. The largest absolute Gasteiger partial charge is 0.344 e. The van der Waals surface area contributed by atoms with Crippen molar-refractivity contribution < 1.29 is 0 Å². The van der Waals surface area contributed by atoms with Gasteiger partial charge in [0.1, 0.15) is 12.0 Å². The Labute approximate surface area is 256 Å². The Morgan fingerprint density at radius 1 is 0.500 bits per heavy atom. The van der Waals surface area contributed by atoms with Gasteiger partial charge in [-0.15, -0.1) is 0 Å². The average molecular weight is 565 g/mol. The Morgan fingerprint density at radius 3 is 2.02 bits per heavy atom. The average Bonchev–Trinajstić information content (AvgIpc) is 3.11. The summed E-state index contributed by atoms with van der Waals surface area (Å²) in [5.41, 5.74) is 8.85. The van der Waals surface area contributed by atoms with Gasteiger partial charge in [-0.05, 0) is 62.9 Å². The number of aromatic nitrogens is 1. The number of pyridine rings is 1. The number of nitrogens with one attached hydrogen (secondary N) is 1. The van der Waals surface area contributed by atoms with E-state index in [1.54, 1.807) is 0 Å². The first kappa shape index (κ1) is 25.8. The molecule has 2 heterocycles. The molecule has 0 bridgehead atoms. The van der Waals surface area contributed by atoms with E-state index in [4.69, 9.17) is 9.98 Å². The fourth-order valence-corrected chi connectivity index (χ4v) is 5.89. The van der Waals surface area contributed by atoms with Crippen LogP contribution >= 0.6 is 0 Å². The minimum absolute atomic E-state index is 0.225. The summed E-state index contributed by atoms with van der Waals surface area (Å²) >= 11 is 0. The molecule has 1 unspecified atom stereocenters. The third kappa shape index (κ3) is 4.93. The standard InChI is InChI=1S/C40H28N4/c1-3-9-30(10-4-1)38-42-39(31-11-5-2-6-12-31)44-40(43-38)33-23-19-28-18-22-32(25-34(28)26-33)27-16-20-29(21-17-27)35-13-7-15-37-36(35)14-8-24-41-37/h1-26,38H,(H,42,43,44). The minimum atomic E-state index is -0.225. The van der Waals surface area contributed by atoms with Gasteiger partial charge in [0.2, 0.25) is 0 Å². The van der Waals surface area contributed by atoms with Crippen molar-refractivity contribution in [3.05, 3.63) is 175 Å². The van der Waals surface area contributed by atoms with Crippen molar-refractivity contribution in [2.45, 2.75) is 6.17 Å². The molecule has 0 spiro atoms. The second kappa shape index (κ2) is 11.1. The summed E-state index contributed by atoms with van der Waals surface area (Å²) < 4.78 is 0. The van der Waals surface area contributed by atoms with Gasteiger partial charge in [0.15, 0.2) is 5.84 Å². The lowest BCUT2D eigenvalue weighted by atomic mass is 9.96. The number of fused-ring (bicyclic) bond motifs is 2. The molecule has 0 aliphatic carbocycles. The Kier molecular flexibility index (Phi) is 6.50. The lowest BCUT2D eigenvalue weighted by molar-refractivity contribution is 0.674. The van der Waals surface area contributed by atoms with Gasteiger partial charge in [-0.2, -0.15) is 0 Å². The summed E-state index contributed by atoms with van der Waals surface area (Å²) in [6.07, 6.45) is 1.62. The summed E-state index contributed by atoms with van der Waals surface area (Å²) in [4.78, 5) is 14.5. The van der Waals surface area contributed by atoms with Gasteiger partial charge >= 0.3 is 0 Å². The van der Waals surface area contributed by atoms with Crippen LogP contribution < -0.4 is 5.32 Å². The number of hydrogen-bond donors (Lipinski definition) is 1. The van der Waals surface area contributed by atoms with Crippen molar-refractivity contribution in [3.8, 4) is 22.3 Å². The minimum Gasteiger partial charge on any atom is -0.344 e. The molecular formula is C40H28N4. The van der Waals surface area contributed by atoms with Crippen LogP contribution in [0.4, 0.5) is 0 Å². The highest BCUT2D eigenvalue weighted by Crippen LogP contribution is 2.31. The van der Waals surface area contributed by atoms with Crippen LogP contribution in [0.1, 0.15) is 22.9 Å². The third-order valence-electron chi connectivity index (χ3n) is 8.18. The normalized spacial score (nSPS) is 14.6. The fraction of sp³-hybridized carbons (Fsp3) is 0.0250. The van der Waals surface area contributed by atoms with Crippen LogP contribution in [0.15, 0.2) is 168 Å². The van der Waals surface area contributed by atoms with Crippen LogP contribution in [0.3, 0.4) is 0 Å². The van der Waals surface area contributed by atoms with Crippen molar-refractivity contribution in [3.63, 3.8) is 0 Å². The zero-order valence-corrected chi connectivity index (χ0v) is 23.9. The third-order valence-corrected chi connectivity index (χ3v) is 8.18. The van der Waals surface area contributed by atoms with Crippen LogP contribution in [-0.2, 0) is 0 Å². The maximum Gasteiger partial charge on any atom is 0.159 e. The molecule has 0 radical (unpaired) electrons. The van der Waals surface area contributed by atoms with Gasteiger partial charge in [-0.3, -0.25) is 4.98 Å². The van der Waals surface area contributed by atoms with E-state index in [0.29, 0.717) is 0 Å². The van der Waals surface area contributed by atoms with Gasteiger partial charge in [0.25, 0.3) is 0 Å². The Hall–Kier alpha value is -5.87. The topological polar surface area (TPSA) is 49.6 Å². The predicted octanol–water partition coefficient (Wildman–Crippen LogP) is 9.22. The first-order chi connectivity index (χ1) is 21.8. The highest BCUT2D eigenvalue weighted by atomic mass is 15.2. The monoisotopic (exact) mass is 564 g/mol. The lowest BCUT2D eigenvalue weighted by Crippen LogP contribution is -2.33. The highest BCUT2D eigenvalue weighted by molar-refractivity contribution is 6.14. The molecule has 1 atom stereocenters. The lowest BCUT2D eigenvalue weighted by Gasteiger charge is -2.23. The summed E-state index contributed by atoms with van der Waals surface area (Å²) in [6.45, 7) is 0. The van der Waals surface area contributed by atoms with Gasteiger partial charge in [-0.1, -0.05) is 127 Å². The number of hydrogen-bond acceptors (Lipinski definition) is 4. The van der Waals surface area contributed by atoms with Gasteiger partial charge in [0, 0.05) is 22.7 Å². The first-order valence-electron chi connectivity index (χ1n) is 14.8. The SMILES string of the molecule is c1ccc(C2=NC(c3ccccc3)NC(c3ccc4ccc(-c5ccc(-c6cccc7ncccc67)cc5)cc4c3)=N2)cc1. The number of amidine groups is 2. The van der Waals surface area contributed by atoms with E-state index in [1.165, 1.54) is 27.6 Å². The predicted molar refractivity (Wildman–Crippen MR) is 182 cm³/mol. The Bertz CT molecular complexity index is 2180. The van der Waals surface area contributed by atoms with Crippen molar-refractivity contribution >= 4 is 33.3 Å². The van der Waals surface area contributed by atoms with E-state index in [2.05, 4.69) is 119 Å². The maximum atomic E-state index is 5.00. The molecule has 0 amide bonds. The van der Waals surface area contributed by atoms with E-state index in [1.807, 2.05) is 48.7 Å². The second-order valence-electron chi connectivity index (χ2n) is 11.0. The number of aliphatic imine (C=N–C) groups is 2. The van der Waals surface area contributed by atoms with Gasteiger partial charge in [-0.25, -0.2) is 9.98 Å². The van der Waals surface area contributed by atoms with Gasteiger partial charge in [0.05, 0.1) is 5.52 Å². The van der Waals surface area contributed by atoms with Crippen LogP contribution in [0.25, 0.3) is 43.9 Å². The van der Waals surface area contributed by atoms with Crippen LogP contribution in [0, 0.1) is 0 Å². The first-order valence-corrected chi connectivity index (χ1v) is 14.8. The Balaban J connectivity index is 1.14. The summed E-state index contributed by atoms with van der Waals surface area (Å²) in [7, 11) is 0. The Morgan fingerprint density at radius 2 is 1.20 bits per heavy atom. The van der Waals surface area contributed by atoms with Crippen LogP contribution in [-0.4, -0.2) is 16.7 Å². The summed E-state index contributed by atoms with van der Waals surface area (Å²) in [5, 5.41) is 7.10. The zero-order valence-electron chi connectivity index (χ0n) is 23.9. The molecule has 0 saturated heterocycles. The smallest absolute Gasteiger partial charge is 0.159 e. The highest BCUT2D eigenvalue weighted by Gasteiger charge is 2.21. The number of rotatable bonds is 5. The molecule has 8 rings (SSSR count). The van der Waals surface area contributed by atoms with E-state index < -0.39 is 0 Å². The van der Waals surface area contributed by atoms with E-state index in [-0.39, 0.29) is 6.17 Å². The zero-order chi connectivity index (χ0) is 29.3. The number of benzene rings is 6. The molecule has 1 aliphatic heterocycles. The van der Waals surface area contributed by atoms with Crippen molar-refractivity contribution in [1.29, 1.82) is 0 Å². The quantitative estimate of drug-likeness (QED) is 0.227. The molecule has 4 heteroatoms. The van der Waals surface area contributed by atoms with Crippen molar-refractivity contribution in [2.24, 2.45) is 9.98 Å². The summed E-state index contributed by atoms with van der Waals surface area (Å²) in [5.74, 6) is 1.54. The van der Waals surface area contributed by atoms with E-state index in [0.717, 1.165) is 44.7 Å². The molecule has 1 N–H and O–H groups in total. The van der Waals surface area contributed by atoms with Crippen molar-refractivity contribution in [2.75, 3.05) is 0 Å². The number of nitrogens with zero attached hydrogens (tertiary/aromatic N) is 3. The maximum absolute atomic E-state index is 5.00. The fourth-order valence-electron chi connectivity index (χ4n) is 5.89. The molecular weight excluding hydrogens is 536 g/mol. The molecule has 0 saturated carbocycles. The van der Waals surface area contributed by atoms with Crippen molar-refractivity contribution in [1.82, 2.24) is 10.3 Å². The molecule has 1 aliphatic rings. The summed E-state index contributed by atoms with van der Waals surface area (Å²) in [6, 6.07) is 52.9. The molecule has 44 heavy (non-hydrogen) atoms. The second-order valence-corrected chi connectivity index (χ2v) is 11.0. The molecule has 6 aromatic carbocycles. The molecule has 0 fully saturated rings. The molecule has 1 aromatic heterocycles. The van der Waals surface area contributed by atoms with E-state index in [9.17, 15) is 0 Å². The van der Waals surface area contributed by atoms with E-state index >= 15 is 0 Å².